The molecule has 0 bridgehead atoms. The van der Waals surface area contributed by atoms with E-state index in [-0.39, 0.29) is 0 Å². The van der Waals surface area contributed by atoms with Crippen LogP contribution in [0, 0.1) is 12.3 Å². The molecular weight excluding hydrogens is 84.1 g/mol. The maximum atomic E-state index is 3.30. The summed E-state index contributed by atoms with van der Waals surface area (Å²) in [6.45, 7) is 6.50. The van der Waals surface area contributed by atoms with E-state index in [0.717, 1.165) is 6.42 Å². The quantitative estimate of drug-likeness (QED) is 0.509. The van der Waals surface area contributed by atoms with Crippen molar-refractivity contribution >= 4 is 0 Å². The molecule has 0 aromatic rings. The number of rotatable bonds is 3. The first-order valence-electron chi connectivity index (χ1n) is 3.00. The standard InChI is InChI=1S/C7H14/c1-4-5-6-7(2)3/h7H,4-5H2,1-3H3. The second-order valence-corrected chi connectivity index (χ2v) is 2.11. The second kappa shape index (κ2) is 4.17. The third-order valence-corrected chi connectivity index (χ3v) is 0.803. The fourth-order valence-corrected chi connectivity index (χ4v) is 0.433. The Morgan fingerprint density at radius 3 is 2.14 bits per heavy atom. The molecule has 0 heterocycles. The van der Waals surface area contributed by atoms with Gasteiger partial charge in [-0.1, -0.05) is 27.2 Å². The highest BCUT2D eigenvalue weighted by atomic mass is 13.9. The summed E-state index contributed by atoms with van der Waals surface area (Å²) in [5.74, 6) is 0.653. The lowest BCUT2D eigenvalue weighted by molar-refractivity contribution is 0.692. The molecule has 0 heteroatoms. The molecule has 0 N–H and O–H groups in total. The first kappa shape index (κ1) is 7.00. The van der Waals surface area contributed by atoms with E-state index in [9.17, 15) is 0 Å². The molecule has 0 nitrogen and oxygen atoms in total. The Morgan fingerprint density at radius 1 is 1.43 bits per heavy atom. The van der Waals surface area contributed by atoms with Gasteiger partial charge in [-0.3, -0.25) is 0 Å². The fraction of sp³-hybridized carbons (Fsp3) is 0.857. The first-order valence-corrected chi connectivity index (χ1v) is 3.00. The van der Waals surface area contributed by atoms with Crippen LogP contribution in [0.25, 0.3) is 0 Å². The van der Waals surface area contributed by atoms with E-state index >= 15 is 0 Å². The van der Waals surface area contributed by atoms with Crippen LogP contribution in [0.2, 0.25) is 0 Å². The molecule has 0 amide bonds. The molecule has 0 aliphatic rings. The summed E-state index contributed by atoms with van der Waals surface area (Å²) in [7, 11) is 0. The second-order valence-electron chi connectivity index (χ2n) is 2.11. The van der Waals surface area contributed by atoms with Gasteiger partial charge in [0, 0.05) is 0 Å². The van der Waals surface area contributed by atoms with Crippen molar-refractivity contribution in [3.05, 3.63) is 6.42 Å². The summed E-state index contributed by atoms with van der Waals surface area (Å²) >= 11 is 0. The summed E-state index contributed by atoms with van der Waals surface area (Å²) < 4.78 is 0. The van der Waals surface area contributed by atoms with Crippen LogP contribution >= 0.6 is 0 Å². The Labute approximate surface area is 46.9 Å². The van der Waals surface area contributed by atoms with Gasteiger partial charge in [0.1, 0.15) is 0 Å². The van der Waals surface area contributed by atoms with E-state index in [1.807, 2.05) is 0 Å². The normalized spacial score (nSPS) is 10.3. The molecule has 0 unspecified atom stereocenters. The van der Waals surface area contributed by atoms with Gasteiger partial charge >= 0.3 is 0 Å². The summed E-state index contributed by atoms with van der Waals surface area (Å²) in [6, 6.07) is 0. The minimum Gasteiger partial charge on any atom is -0.0654 e. The fourth-order valence-electron chi connectivity index (χ4n) is 0.433. The van der Waals surface area contributed by atoms with Gasteiger partial charge < -0.3 is 0 Å². The van der Waals surface area contributed by atoms with Gasteiger partial charge in [0.25, 0.3) is 0 Å². The molecule has 0 fully saturated rings. The number of hydrogen-bond donors (Lipinski definition) is 0. The van der Waals surface area contributed by atoms with Crippen molar-refractivity contribution < 1.29 is 0 Å². The van der Waals surface area contributed by atoms with Gasteiger partial charge in [0.15, 0.2) is 0 Å². The first-order chi connectivity index (χ1) is 3.27. The Hall–Kier alpha value is 0. The van der Waals surface area contributed by atoms with E-state index in [0.29, 0.717) is 5.92 Å². The summed E-state index contributed by atoms with van der Waals surface area (Å²) in [5.41, 5.74) is 0. The van der Waals surface area contributed by atoms with E-state index in [1.54, 1.807) is 0 Å². The van der Waals surface area contributed by atoms with Gasteiger partial charge in [-0.05, 0) is 18.8 Å². The lowest BCUT2D eigenvalue weighted by Gasteiger charge is -1.97. The zero-order chi connectivity index (χ0) is 5.70. The summed E-state index contributed by atoms with van der Waals surface area (Å²) in [5, 5.41) is 0. The molecule has 0 spiro atoms. The molecule has 0 aromatic heterocycles. The van der Waals surface area contributed by atoms with Crippen LogP contribution < -0.4 is 0 Å². The van der Waals surface area contributed by atoms with Crippen molar-refractivity contribution in [3.8, 4) is 0 Å². The van der Waals surface area contributed by atoms with Crippen LogP contribution in [0.1, 0.15) is 33.6 Å². The largest absolute Gasteiger partial charge is 0.0654 e. The maximum Gasteiger partial charge on any atom is -0.0145 e. The minimum absolute atomic E-state index is 0.653. The average molecular weight is 98.2 g/mol. The molecule has 7 heavy (non-hydrogen) atoms. The number of hydrogen-bond acceptors (Lipinski definition) is 0. The third-order valence-electron chi connectivity index (χ3n) is 0.803. The van der Waals surface area contributed by atoms with Crippen LogP contribution in [0.15, 0.2) is 0 Å². The predicted octanol–water partition coefficient (Wildman–Crippen LogP) is 2.52. The molecule has 0 aromatic carbocycles. The van der Waals surface area contributed by atoms with E-state index in [4.69, 9.17) is 0 Å². The van der Waals surface area contributed by atoms with E-state index in [1.165, 1.54) is 6.42 Å². The predicted molar refractivity (Wildman–Crippen MR) is 33.0 cm³/mol. The van der Waals surface area contributed by atoms with Crippen molar-refractivity contribution in [2.75, 3.05) is 0 Å². The van der Waals surface area contributed by atoms with Gasteiger partial charge in [0.05, 0.1) is 0 Å². The highest BCUT2D eigenvalue weighted by molar-refractivity contribution is 4.66. The molecule has 42 valence electrons. The van der Waals surface area contributed by atoms with Crippen molar-refractivity contribution in [2.45, 2.75) is 33.6 Å². The molecule has 0 aliphatic carbocycles. The van der Waals surface area contributed by atoms with Gasteiger partial charge in [-0.15, -0.1) is 0 Å². The van der Waals surface area contributed by atoms with Crippen LogP contribution in [-0.2, 0) is 0 Å². The van der Waals surface area contributed by atoms with E-state index in [2.05, 4.69) is 27.2 Å². The van der Waals surface area contributed by atoms with Crippen molar-refractivity contribution in [2.24, 2.45) is 5.92 Å². The number of unbranched alkanes of at least 4 members (excludes halogenated alkanes) is 1. The smallest absolute Gasteiger partial charge is 0.0145 e. The Kier molecular flexibility index (Phi) is 4.17. The molecule has 0 aliphatic heterocycles. The molecular formula is C7H14. The van der Waals surface area contributed by atoms with Crippen molar-refractivity contribution in [1.29, 1.82) is 0 Å². The minimum atomic E-state index is 0.653. The third kappa shape index (κ3) is 6.00. The van der Waals surface area contributed by atoms with Crippen LogP contribution in [0.5, 0.6) is 0 Å². The Balaban J connectivity index is 2.68. The molecule has 0 saturated carbocycles. The van der Waals surface area contributed by atoms with Crippen LogP contribution in [0.4, 0.5) is 0 Å². The monoisotopic (exact) mass is 98.1 g/mol. The van der Waals surface area contributed by atoms with Crippen LogP contribution in [-0.4, -0.2) is 0 Å². The van der Waals surface area contributed by atoms with Crippen LogP contribution in [0.3, 0.4) is 0 Å². The van der Waals surface area contributed by atoms with Crippen molar-refractivity contribution in [3.63, 3.8) is 0 Å². The Morgan fingerprint density at radius 2 is 2.00 bits per heavy atom. The van der Waals surface area contributed by atoms with Gasteiger partial charge in [-0.2, -0.15) is 0 Å². The highest BCUT2D eigenvalue weighted by Crippen LogP contribution is 2.02. The lowest BCUT2D eigenvalue weighted by atomic mass is 10.1. The SMILES string of the molecule is CCC[C]C(C)C. The topological polar surface area (TPSA) is 0 Å². The summed E-state index contributed by atoms with van der Waals surface area (Å²) in [4.78, 5) is 0. The van der Waals surface area contributed by atoms with Gasteiger partial charge in [-0.25, -0.2) is 0 Å². The lowest BCUT2D eigenvalue weighted by Crippen LogP contribution is -1.85. The maximum absolute atomic E-state index is 3.30. The molecule has 0 rings (SSSR count). The zero-order valence-corrected chi connectivity index (χ0v) is 5.49. The molecule has 2 radical (unpaired) electrons. The highest BCUT2D eigenvalue weighted by Gasteiger charge is 1.89. The zero-order valence-electron chi connectivity index (χ0n) is 5.49. The average Bonchev–Trinajstić information content (AvgIpc) is 1.61. The van der Waals surface area contributed by atoms with Crippen molar-refractivity contribution in [1.82, 2.24) is 0 Å². The molecule has 0 saturated heterocycles. The Bertz CT molecular complexity index is 29.0. The summed E-state index contributed by atoms with van der Waals surface area (Å²) in [6.07, 6.45) is 5.68. The van der Waals surface area contributed by atoms with Gasteiger partial charge in [0.2, 0.25) is 0 Å². The molecule has 0 atom stereocenters. The van der Waals surface area contributed by atoms with E-state index < -0.39 is 0 Å².